The highest BCUT2D eigenvalue weighted by molar-refractivity contribution is 5.96. The van der Waals surface area contributed by atoms with Crippen molar-refractivity contribution in [2.24, 2.45) is 11.7 Å². The molecule has 3 aromatic carbocycles. The van der Waals surface area contributed by atoms with Crippen LogP contribution < -0.4 is 20.5 Å². The summed E-state index contributed by atoms with van der Waals surface area (Å²) in [5.41, 5.74) is 9.28. The molecule has 13 heteroatoms. The number of benzene rings is 3. The number of amides is 1. The maximum Gasteiger partial charge on any atom is 0.490 e. The number of amidine groups is 1. The summed E-state index contributed by atoms with van der Waals surface area (Å²) in [4.78, 5) is 34.4. The smallest absolute Gasteiger partial charge is 0.490 e. The quantitative estimate of drug-likeness (QED) is 0.150. The van der Waals surface area contributed by atoms with Gasteiger partial charge < -0.3 is 30.4 Å². The summed E-state index contributed by atoms with van der Waals surface area (Å²) in [6, 6.07) is 19.4. The molecule has 0 radical (unpaired) electrons. The normalized spacial score (nSPS) is 12.1. The molecule has 10 nitrogen and oxygen atoms in total. The second-order valence-electron chi connectivity index (χ2n) is 9.16. The molecule has 0 fully saturated rings. The molecular formula is C30H32F3N3O7. The predicted molar refractivity (Wildman–Crippen MR) is 152 cm³/mol. The molecule has 0 saturated carbocycles. The molecule has 0 spiro atoms. The van der Waals surface area contributed by atoms with Crippen molar-refractivity contribution in [2.45, 2.75) is 25.6 Å². The minimum absolute atomic E-state index is 0.0515. The van der Waals surface area contributed by atoms with E-state index in [2.05, 4.69) is 5.32 Å². The van der Waals surface area contributed by atoms with Crippen LogP contribution in [0.5, 0.6) is 11.5 Å². The van der Waals surface area contributed by atoms with Gasteiger partial charge in [0.2, 0.25) is 0 Å². The van der Waals surface area contributed by atoms with Crippen LogP contribution >= 0.6 is 0 Å². The zero-order valence-corrected chi connectivity index (χ0v) is 23.8. The number of nitrogen functional groups attached to an aromatic ring is 1. The number of rotatable bonds is 10. The number of hydrogen-bond acceptors (Lipinski definition) is 7. The third-order valence-corrected chi connectivity index (χ3v) is 6.27. The second kappa shape index (κ2) is 15.2. The highest BCUT2D eigenvalue weighted by Gasteiger charge is 2.38. The lowest BCUT2D eigenvalue weighted by Crippen LogP contribution is -2.42. The van der Waals surface area contributed by atoms with Gasteiger partial charge in [-0.15, -0.1) is 0 Å². The Balaban J connectivity index is 0.000000821. The van der Waals surface area contributed by atoms with Gasteiger partial charge in [0.15, 0.2) is 11.5 Å². The average molecular weight is 604 g/mol. The number of alkyl halides is 3. The zero-order chi connectivity index (χ0) is 32.3. The van der Waals surface area contributed by atoms with Gasteiger partial charge in [0.1, 0.15) is 5.84 Å². The van der Waals surface area contributed by atoms with Gasteiger partial charge in [-0.2, -0.15) is 13.2 Å². The van der Waals surface area contributed by atoms with Crippen molar-refractivity contribution in [1.82, 2.24) is 5.32 Å². The van der Waals surface area contributed by atoms with Gasteiger partial charge >= 0.3 is 18.1 Å². The van der Waals surface area contributed by atoms with E-state index in [1.807, 2.05) is 36.4 Å². The van der Waals surface area contributed by atoms with E-state index in [9.17, 15) is 22.8 Å². The highest BCUT2D eigenvalue weighted by Crippen LogP contribution is 2.32. The van der Waals surface area contributed by atoms with Gasteiger partial charge in [0, 0.05) is 17.2 Å². The lowest BCUT2D eigenvalue weighted by molar-refractivity contribution is -0.192. The van der Waals surface area contributed by atoms with Crippen LogP contribution in [-0.2, 0) is 20.7 Å². The summed E-state index contributed by atoms with van der Waals surface area (Å²) in [5, 5.41) is 17.7. The molecule has 3 aromatic rings. The van der Waals surface area contributed by atoms with Gasteiger partial charge in [-0.25, -0.2) is 4.79 Å². The third-order valence-electron chi connectivity index (χ3n) is 6.27. The van der Waals surface area contributed by atoms with E-state index in [-0.39, 0.29) is 11.7 Å². The number of nitrogens with one attached hydrogen (secondary N) is 2. The molecule has 0 saturated heterocycles. The number of carbonyl (C=O) groups excluding carboxylic acids is 2. The second-order valence-corrected chi connectivity index (χ2v) is 9.16. The van der Waals surface area contributed by atoms with Crippen LogP contribution in [0, 0.1) is 11.3 Å². The van der Waals surface area contributed by atoms with E-state index in [1.165, 1.54) is 7.11 Å². The highest BCUT2D eigenvalue weighted by atomic mass is 19.4. The Morgan fingerprint density at radius 1 is 0.907 bits per heavy atom. The molecule has 0 aromatic heterocycles. The fraction of sp³-hybridized carbons (Fsp3) is 0.267. The Hall–Kier alpha value is -5.07. The first-order chi connectivity index (χ1) is 20.2. The number of halogens is 3. The Morgan fingerprint density at radius 2 is 1.49 bits per heavy atom. The molecular weight excluding hydrogens is 571 g/mol. The summed E-state index contributed by atoms with van der Waals surface area (Å²) < 4.78 is 47.4. The monoisotopic (exact) mass is 603 g/mol. The van der Waals surface area contributed by atoms with Crippen LogP contribution in [0.2, 0.25) is 0 Å². The Bertz CT molecular complexity index is 1440. The predicted octanol–water partition coefficient (Wildman–Crippen LogP) is 4.44. The fourth-order valence-corrected chi connectivity index (χ4v) is 3.96. The summed E-state index contributed by atoms with van der Waals surface area (Å²) in [7, 11) is 4.49. The largest absolute Gasteiger partial charge is 0.493 e. The third kappa shape index (κ3) is 9.76. The van der Waals surface area contributed by atoms with E-state index in [0.717, 1.165) is 16.7 Å². The number of carboxylic acid groups (broad SMARTS) is 1. The molecule has 0 bridgehead atoms. The molecule has 0 heterocycles. The number of carboxylic acids is 1. The van der Waals surface area contributed by atoms with Crippen molar-refractivity contribution in [3.05, 3.63) is 83.4 Å². The maximum absolute atomic E-state index is 13.0. The first kappa shape index (κ1) is 34.1. The van der Waals surface area contributed by atoms with Crippen LogP contribution in [0.4, 0.5) is 13.2 Å². The standard InChI is InChI=1S/C28H31N3O5.C2HF3O2/c1-17(23(28(33)36-4)15-18-6-5-7-22(14-18)26(29)30)31-27(32)20-10-8-19(9-11-20)21-12-13-24(34-2)25(16-21)35-3;3-2(4,5)1(6)7/h5-14,16-17,23H,15H2,1-4H3,(H3,29,30)(H,31,32);(H,6,7)/t17-,23-;/m1./s1. The summed E-state index contributed by atoms with van der Waals surface area (Å²) in [6.07, 6.45) is -4.76. The van der Waals surface area contributed by atoms with E-state index < -0.39 is 30.1 Å². The number of esters is 1. The van der Waals surface area contributed by atoms with Crippen molar-refractivity contribution >= 4 is 23.7 Å². The molecule has 230 valence electrons. The van der Waals surface area contributed by atoms with Gasteiger partial charge in [-0.1, -0.05) is 36.4 Å². The van der Waals surface area contributed by atoms with Crippen LogP contribution in [0.25, 0.3) is 11.1 Å². The molecule has 43 heavy (non-hydrogen) atoms. The van der Waals surface area contributed by atoms with Crippen LogP contribution in [0.1, 0.15) is 28.4 Å². The van der Waals surface area contributed by atoms with E-state index in [1.54, 1.807) is 51.5 Å². The Morgan fingerprint density at radius 3 is 2.00 bits per heavy atom. The van der Waals surface area contributed by atoms with Gasteiger partial charge in [0.05, 0.1) is 27.2 Å². The molecule has 0 aliphatic carbocycles. The number of hydrogen-bond donors (Lipinski definition) is 4. The first-order valence-corrected chi connectivity index (χ1v) is 12.7. The number of nitrogens with two attached hydrogens (primary N) is 1. The zero-order valence-electron chi connectivity index (χ0n) is 23.8. The SMILES string of the molecule is COC(=O)[C@H](Cc1cccc(C(=N)N)c1)[C@@H](C)NC(=O)c1ccc(-c2ccc(OC)c(OC)c2)cc1.O=C(O)C(F)(F)F. The van der Waals surface area contributed by atoms with Crippen molar-refractivity contribution in [2.75, 3.05) is 21.3 Å². The van der Waals surface area contributed by atoms with Crippen molar-refractivity contribution in [1.29, 1.82) is 5.41 Å². The number of ether oxygens (including phenoxy) is 3. The van der Waals surface area contributed by atoms with Crippen LogP contribution in [0.15, 0.2) is 66.7 Å². The summed E-state index contributed by atoms with van der Waals surface area (Å²) in [5.74, 6) is -2.90. The molecule has 0 unspecified atom stereocenters. The first-order valence-electron chi connectivity index (χ1n) is 12.7. The van der Waals surface area contributed by atoms with Crippen molar-refractivity contribution in [3.63, 3.8) is 0 Å². The lowest BCUT2D eigenvalue weighted by Gasteiger charge is -2.23. The molecule has 2 atom stereocenters. The molecule has 0 aliphatic rings. The minimum Gasteiger partial charge on any atom is -0.493 e. The molecule has 0 aliphatic heterocycles. The Kier molecular flexibility index (Phi) is 12.1. The van der Waals surface area contributed by atoms with E-state index in [0.29, 0.717) is 29.0 Å². The number of carbonyl (C=O) groups is 3. The van der Waals surface area contributed by atoms with E-state index >= 15 is 0 Å². The molecule has 3 rings (SSSR count). The van der Waals surface area contributed by atoms with Crippen molar-refractivity contribution in [3.8, 4) is 22.6 Å². The van der Waals surface area contributed by atoms with Crippen LogP contribution in [-0.4, -0.2) is 62.3 Å². The average Bonchev–Trinajstić information content (AvgIpc) is 2.99. The van der Waals surface area contributed by atoms with Crippen molar-refractivity contribution < 1.29 is 46.9 Å². The molecule has 1 amide bonds. The summed E-state index contributed by atoms with van der Waals surface area (Å²) in [6.45, 7) is 1.77. The maximum atomic E-state index is 13.0. The number of aliphatic carboxylic acids is 1. The molecule has 5 N–H and O–H groups in total. The van der Waals surface area contributed by atoms with Gasteiger partial charge in [-0.05, 0) is 60.4 Å². The Labute approximate surface area is 246 Å². The topological polar surface area (TPSA) is 161 Å². The van der Waals surface area contributed by atoms with E-state index in [4.69, 9.17) is 35.3 Å². The van der Waals surface area contributed by atoms with Crippen LogP contribution in [0.3, 0.4) is 0 Å². The van der Waals surface area contributed by atoms with Gasteiger partial charge in [0.25, 0.3) is 5.91 Å². The lowest BCUT2D eigenvalue weighted by atomic mass is 9.92. The van der Waals surface area contributed by atoms with Gasteiger partial charge in [-0.3, -0.25) is 15.0 Å². The summed E-state index contributed by atoms with van der Waals surface area (Å²) >= 11 is 0. The fourth-order valence-electron chi connectivity index (χ4n) is 3.96. The minimum atomic E-state index is -5.08. The number of methoxy groups -OCH3 is 3.